The van der Waals surface area contributed by atoms with E-state index in [4.69, 9.17) is 32.7 Å². The van der Waals surface area contributed by atoms with Gasteiger partial charge in [-0.05, 0) is 35.4 Å². The zero-order valence-corrected chi connectivity index (χ0v) is 15.1. The first-order chi connectivity index (χ1) is 12.1. The average molecular weight is 375 g/mol. The number of carbonyl (C=O) groups excluding carboxylic acids is 1. The summed E-state index contributed by atoms with van der Waals surface area (Å²) in [6.45, 7) is 2.35. The van der Waals surface area contributed by atoms with Crippen molar-refractivity contribution < 1.29 is 14.3 Å². The first-order valence-electron chi connectivity index (χ1n) is 7.86. The van der Waals surface area contributed by atoms with Crippen LogP contribution in [0, 0.1) is 0 Å². The third-order valence-electron chi connectivity index (χ3n) is 3.69. The molecule has 0 saturated heterocycles. The molecule has 0 N–H and O–H groups in total. The Morgan fingerprint density at radius 2 is 1.60 bits per heavy atom. The van der Waals surface area contributed by atoms with Crippen molar-refractivity contribution in [1.82, 2.24) is 0 Å². The topological polar surface area (TPSA) is 35.5 Å². The average Bonchev–Trinajstić information content (AvgIpc) is 2.58. The predicted octanol–water partition coefficient (Wildman–Crippen LogP) is 6.08. The van der Waals surface area contributed by atoms with Crippen molar-refractivity contribution in [3.63, 3.8) is 0 Å². The van der Waals surface area contributed by atoms with Crippen LogP contribution in [-0.2, 0) is 11.2 Å². The van der Waals surface area contributed by atoms with Gasteiger partial charge >= 0.3 is 0 Å². The van der Waals surface area contributed by atoms with Gasteiger partial charge in [0, 0.05) is 18.6 Å². The first kappa shape index (κ1) is 17.6. The molecule has 0 aliphatic rings. The molecule has 128 valence electrons. The molecular formula is C20H16Cl2O3. The van der Waals surface area contributed by atoms with Crippen LogP contribution >= 0.6 is 23.2 Å². The van der Waals surface area contributed by atoms with Crippen molar-refractivity contribution in [2.24, 2.45) is 0 Å². The summed E-state index contributed by atoms with van der Waals surface area (Å²) in [7, 11) is 0. The van der Waals surface area contributed by atoms with E-state index in [9.17, 15) is 4.79 Å². The quantitative estimate of drug-likeness (QED) is 0.490. The van der Waals surface area contributed by atoms with Gasteiger partial charge in [0.15, 0.2) is 5.75 Å². The SMILES string of the molecule is CCOc1c(Cl)cc(Oc2ccc3cc(CC=O)ccc3c2)cc1Cl. The summed E-state index contributed by atoms with van der Waals surface area (Å²) in [6.07, 6.45) is 1.31. The number of hydrogen-bond acceptors (Lipinski definition) is 3. The molecule has 0 fully saturated rings. The van der Waals surface area contributed by atoms with Gasteiger partial charge in [-0.15, -0.1) is 0 Å². The highest BCUT2D eigenvalue weighted by atomic mass is 35.5. The highest BCUT2D eigenvalue weighted by Crippen LogP contribution is 2.38. The summed E-state index contributed by atoms with van der Waals surface area (Å²) in [5.74, 6) is 1.67. The summed E-state index contributed by atoms with van der Waals surface area (Å²) in [5, 5.41) is 2.89. The summed E-state index contributed by atoms with van der Waals surface area (Å²) in [6, 6.07) is 15.0. The minimum absolute atomic E-state index is 0.406. The zero-order chi connectivity index (χ0) is 17.8. The molecule has 0 spiro atoms. The van der Waals surface area contributed by atoms with Crippen molar-refractivity contribution in [3.8, 4) is 17.2 Å². The summed E-state index contributed by atoms with van der Waals surface area (Å²) in [5.41, 5.74) is 0.987. The summed E-state index contributed by atoms with van der Waals surface area (Å²) < 4.78 is 11.3. The first-order valence-corrected chi connectivity index (χ1v) is 8.62. The third kappa shape index (κ3) is 4.06. The molecule has 0 amide bonds. The maximum atomic E-state index is 10.6. The van der Waals surface area contributed by atoms with E-state index in [0.717, 1.165) is 22.6 Å². The van der Waals surface area contributed by atoms with E-state index < -0.39 is 0 Å². The maximum absolute atomic E-state index is 10.6. The maximum Gasteiger partial charge on any atom is 0.156 e. The van der Waals surface area contributed by atoms with Crippen molar-refractivity contribution in [3.05, 3.63) is 64.1 Å². The van der Waals surface area contributed by atoms with E-state index in [1.165, 1.54) is 0 Å². The van der Waals surface area contributed by atoms with Gasteiger partial charge in [-0.2, -0.15) is 0 Å². The fourth-order valence-electron chi connectivity index (χ4n) is 2.57. The second-order valence-corrected chi connectivity index (χ2v) is 6.28. The number of benzene rings is 3. The number of hydrogen-bond donors (Lipinski definition) is 0. The number of ether oxygens (including phenoxy) is 2. The van der Waals surface area contributed by atoms with E-state index in [1.807, 2.05) is 43.3 Å². The van der Waals surface area contributed by atoms with Crippen molar-refractivity contribution in [1.29, 1.82) is 0 Å². The lowest BCUT2D eigenvalue weighted by Gasteiger charge is -2.12. The minimum atomic E-state index is 0.406. The van der Waals surface area contributed by atoms with Crippen LogP contribution in [0.1, 0.15) is 12.5 Å². The Bertz CT molecular complexity index is 899. The molecule has 0 bridgehead atoms. The molecule has 0 radical (unpaired) electrons. The van der Waals surface area contributed by atoms with E-state index >= 15 is 0 Å². The Hall–Kier alpha value is -2.23. The van der Waals surface area contributed by atoms with E-state index in [0.29, 0.717) is 40.3 Å². The lowest BCUT2D eigenvalue weighted by Crippen LogP contribution is -1.94. The Kier molecular flexibility index (Phi) is 5.47. The largest absolute Gasteiger partial charge is 0.491 e. The van der Waals surface area contributed by atoms with Gasteiger partial charge in [0.05, 0.1) is 16.7 Å². The molecule has 0 atom stereocenters. The molecule has 0 heterocycles. The van der Waals surface area contributed by atoms with Crippen molar-refractivity contribution in [2.75, 3.05) is 6.61 Å². The number of rotatable bonds is 6. The van der Waals surface area contributed by atoms with Gasteiger partial charge in [-0.1, -0.05) is 47.5 Å². The molecule has 0 unspecified atom stereocenters. The van der Waals surface area contributed by atoms with Gasteiger partial charge in [-0.25, -0.2) is 0 Å². The molecule has 0 saturated carbocycles. The molecule has 3 aromatic rings. The molecule has 0 aliphatic carbocycles. The van der Waals surface area contributed by atoms with Crippen LogP contribution < -0.4 is 9.47 Å². The minimum Gasteiger partial charge on any atom is -0.491 e. The molecule has 0 aliphatic heterocycles. The van der Waals surface area contributed by atoms with E-state index in [2.05, 4.69) is 0 Å². The van der Waals surface area contributed by atoms with Crippen LogP contribution in [0.3, 0.4) is 0 Å². The van der Waals surface area contributed by atoms with Crippen molar-refractivity contribution >= 4 is 40.3 Å². The van der Waals surface area contributed by atoms with Gasteiger partial charge in [0.2, 0.25) is 0 Å². The van der Waals surface area contributed by atoms with E-state index in [-0.39, 0.29) is 0 Å². The van der Waals surface area contributed by atoms with Crippen LogP contribution in [0.25, 0.3) is 10.8 Å². The molecule has 5 heteroatoms. The van der Waals surface area contributed by atoms with Gasteiger partial charge in [-0.3, -0.25) is 0 Å². The van der Waals surface area contributed by atoms with Crippen LogP contribution in [0.4, 0.5) is 0 Å². The van der Waals surface area contributed by atoms with Gasteiger partial charge in [0.25, 0.3) is 0 Å². The van der Waals surface area contributed by atoms with Gasteiger partial charge < -0.3 is 14.3 Å². The second-order valence-electron chi connectivity index (χ2n) is 5.47. The van der Waals surface area contributed by atoms with E-state index in [1.54, 1.807) is 12.1 Å². The molecule has 0 aromatic heterocycles. The molecule has 3 nitrogen and oxygen atoms in total. The standard InChI is InChI=1S/C20H16Cl2O3/c1-2-24-20-18(21)11-17(12-19(20)22)25-16-6-5-14-9-13(7-8-23)3-4-15(14)10-16/h3-6,8-12H,2,7H2,1H3. The van der Waals surface area contributed by atoms with Gasteiger partial charge in [0.1, 0.15) is 17.8 Å². The lowest BCUT2D eigenvalue weighted by molar-refractivity contribution is -0.107. The smallest absolute Gasteiger partial charge is 0.156 e. The monoisotopic (exact) mass is 374 g/mol. The fourth-order valence-corrected chi connectivity index (χ4v) is 3.15. The van der Waals surface area contributed by atoms with Crippen LogP contribution in [-0.4, -0.2) is 12.9 Å². The fraction of sp³-hybridized carbons (Fsp3) is 0.150. The highest BCUT2D eigenvalue weighted by Gasteiger charge is 2.11. The second kappa shape index (κ2) is 7.77. The van der Waals surface area contributed by atoms with Crippen LogP contribution in [0.2, 0.25) is 10.0 Å². The Labute approximate surface area is 156 Å². The zero-order valence-electron chi connectivity index (χ0n) is 13.6. The molecule has 25 heavy (non-hydrogen) atoms. The Morgan fingerprint density at radius 1 is 0.920 bits per heavy atom. The molecule has 3 aromatic carbocycles. The number of fused-ring (bicyclic) bond motifs is 1. The summed E-state index contributed by atoms with van der Waals surface area (Å²) in [4.78, 5) is 10.6. The molecule has 3 rings (SSSR count). The Balaban J connectivity index is 1.87. The predicted molar refractivity (Wildman–Crippen MR) is 101 cm³/mol. The van der Waals surface area contributed by atoms with Crippen molar-refractivity contribution in [2.45, 2.75) is 13.3 Å². The summed E-state index contributed by atoms with van der Waals surface area (Å²) >= 11 is 12.4. The molecular weight excluding hydrogens is 359 g/mol. The highest BCUT2D eigenvalue weighted by molar-refractivity contribution is 6.37. The number of carbonyl (C=O) groups is 1. The Morgan fingerprint density at radius 3 is 2.28 bits per heavy atom. The number of halogens is 2. The van der Waals surface area contributed by atoms with Crippen LogP contribution in [0.5, 0.6) is 17.2 Å². The van der Waals surface area contributed by atoms with Crippen LogP contribution in [0.15, 0.2) is 48.5 Å². The normalized spacial score (nSPS) is 10.7. The number of aldehydes is 1. The third-order valence-corrected chi connectivity index (χ3v) is 4.25. The lowest BCUT2D eigenvalue weighted by atomic mass is 10.1.